The van der Waals surface area contributed by atoms with Crippen LogP contribution >= 0.6 is 15.6 Å². The van der Waals surface area contributed by atoms with Crippen molar-refractivity contribution in [2.75, 3.05) is 39.6 Å². The predicted molar refractivity (Wildman–Crippen MR) is 400 cm³/mol. The number of unbranched alkanes of at least 4 members (excludes halogenated alkanes) is 44. The lowest BCUT2D eigenvalue weighted by Gasteiger charge is -2.21. The van der Waals surface area contributed by atoms with E-state index in [9.17, 15) is 43.2 Å². The van der Waals surface area contributed by atoms with Gasteiger partial charge in [-0.15, -0.1) is 0 Å². The summed E-state index contributed by atoms with van der Waals surface area (Å²) in [6, 6.07) is 0. The molecule has 0 aromatic rings. The summed E-state index contributed by atoms with van der Waals surface area (Å²) < 4.78 is 68.6. The van der Waals surface area contributed by atoms with E-state index in [1.54, 1.807) is 0 Å². The number of phosphoric acid groups is 2. The van der Waals surface area contributed by atoms with Crippen LogP contribution in [0.2, 0.25) is 0 Å². The third-order valence-corrected chi connectivity index (χ3v) is 20.6. The summed E-state index contributed by atoms with van der Waals surface area (Å²) in [6.45, 7) is 12.0. The van der Waals surface area contributed by atoms with Crippen molar-refractivity contribution >= 4 is 39.5 Å². The zero-order chi connectivity index (χ0) is 72.3. The van der Waals surface area contributed by atoms with E-state index in [1.165, 1.54) is 218 Å². The van der Waals surface area contributed by atoms with Crippen molar-refractivity contribution in [3.8, 4) is 0 Å². The van der Waals surface area contributed by atoms with Crippen LogP contribution in [0.3, 0.4) is 0 Å². The maximum Gasteiger partial charge on any atom is 0.472 e. The lowest BCUT2D eigenvalue weighted by atomic mass is 9.99. The number of aliphatic hydroxyl groups is 1. The molecule has 98 heavy (non-hydrogen) atoms. The van der Waals surface area contributed by atoms with Crippen LogP contribution in [0.1, 0.15) is 408 Å². The second-order valence-electron chi connectivity index (χ2n) is 29.6. The fourth-order valence-corrected chi connectivity index (χ4v) is 13.7. The van der Waals surface area contributed by atoms with E-state index in [4.69, 9.17) is 37.0 Å². The Hall–Kier alpha value is -1.94. The van der Waals surface area contributed by atoms with Crippen LogP contribution in [0.4, 0.5) is 0 Å². The molecule has 17 nitrogen and oxygen atoms in total. The Balaban J connectivity index is 5.25. The summed E-state index contributed by atoms with van der Waals surface area (Å²) in [6.07, 6.45) is 56.7. The van der Waals surface area contributed by atoms with Gasteiger partial charge in [0.1, 0.15) is 19.3 Å². The van der Waals surface area contributed by atoms with Crippen LogP contribution in [-0.4, -0.2) is 96.7 Å². The van der Waals surface area contributed by atoms with Gasteiger partial charge in [-0.1, -0.05) is 357 Å². The van der Waals surface area contributed by atoms with Gasteiger partial charge < -0.3 is 33.8 Å². The van der Waals surface area contributed by atoms with Gasteiger partial charge in [0.05, 0.1) is 26.4 Å². The van der Waals surface area contributed by atoms with E-state index < -0.39 is 97.5 Å². The fraction of sp³-hybridized carbons (Fsp3) is 0.949. The number of rotatable bonds is 77. The highest BCUT2D eigenvalue weighted by Crippen LogP contribution is 2.45. The van der Waals surface area contributed by atoms with Crippen LogP contribution in [0.15, 0.2) is 0 Å². The Labute approximate surface area is 600 Å². The van der Waals surface area contributed by atoms with Gasteiger partial charge >= 0.3 is 39.5 Å². The predicted octanol–water partition coefficient (Wildman–Crippen LogP) is 23.4. The number of hydrogen-bond acceptors (Lipinski definition) is 15. The molecular formula is C79H154O17P2. The van der Waals surface area contributed by atoms with Crippen molar-refractivity contribution in [1.82, 2.24) is 0 Å². The van der Waals surface area contributed by atoms with Crippen LogP contribution in [0.5, 0.6) is 0 Å². The van der Waals surface area contributed by atoms with E-state index in [0.29, 0.717) is 25.7 Å². The lowest BCUT2D eigenvalue weighted by Crippen LogP contribution is -2.30. The lowest BCUT2D eigenvalue weighted by molar-refractivity contribution is -0.161. The first-order valence-corrected chi connectivity index (χ1v) is 43.9. The second kappa shape index (κ2) is 69.4. The molecule has 0 aliphatic heterocycles. The van der Waals surface area contributed by atoms with Gasteiger partial charge in [0, 0.05) is 25.7 Å². The number of carbonyl (C=O) groups is 4. The smallest absolute Gasteiger partial charge is 0.462 e. The minimum Gasteiger partial charge on any atom is -0.462 e. The first kappa shape index (κ1) is 96.1. The molecule has 0 fully saturated rings. The Morgan fingerprint density at radius 2 is 0.520 bits per heavy atom. The Kier molecular flexibility index (Phi) is 68.1. The average molecular weight is 1440 g/mol. The molecule has 0 aliphatic carbocycles. The molecule has 582 valence electrons. The maximum absolute atomic E-state index is 13.1. The van der Waals surface area contributed by atoms with Crippen molar-refractivity contribution in [1.29, 1.82) is 0 Å². The molecule has 0 saturated carbocycles. The number of phosphoric ester groups is 2. The summed E-state index contributed by atoms with van der Waals surface area (Å²) in [5.41, 5.74) is 0. The highest BCUT2D eigenvalue weighted by atomic mass is 31.2. The number of esters is 4. The molecule has 0 aromatic heterocycles. The molecule has 0 aromatic carbocycles. The maximum atomic E-state index is 13.1. The van der Waals surface area contributed by atoms with Crippen molar-refractivity contribution in [2.45, 2.75) is 426 Å². The Bertz CT molecular complexity index is 1910. The van der Waals surface area contributed by atoms with E-state index in [2.05, 4.69) is 48.5 Å². The van der Waals surface area contributed by atoms with E-state index in [0.717, 1.165) is 108 Å². The molecule has 19 heteroatoms. The van der Waals surface area contributed by atoms with Crippen LogP contribution in [-0.2, 0) is 65.4 Å². The van der Waals surface area contributed by atoms with Crippen LogP contribution in [0.25, 0.3) is 0 Å². The van der Waals surface area contributed by atoms with Gasteiger partial charge in [-0.05, 0) is 43.4 Å². The molecule has 0 heterocycles. The third-order valence-electron chi connectivity index (χ3n) is 18.7. The van der Waals surface area contributed by atoms with E-state index in [-0.39, 0.29) is 25.7 Å². The summed E-state index contributed by atoms with van der Waals surface area (Å²) in [5, 5.41) is 10.6. The van der Waals surface area contributed by atoms with Gasteiger partial charge in [0.15, 0.2) is 12.2 Å². The average Bonchev–Trinajstić information content (AvgIpc) is 0.930. The van der Waals surface area contributed by atoms with Crippen LogP contribution < -0.4 is 0 Å². The van der Waals surface area contributed by atoms with Gasteiger partial charge in [-0.2, -0.15) is 0 Å². The number of carbonyl (C=O) groups excluding carboxylic acids is 4. The zero-order valence-corrected chi connectivity index (χ0v) is 66.0. The van der Waals surface area contributed by atoms with E-state index >= 15 is 0 Å². The number of aliphatic hydroxyl groups excluding tert-OH is 1. The van der Waals surface area contributed by atoms with Gasteiger partial charge in [-0.25, -0.2) is 9.13 Å². The van der Waals surface area contributed by atoms with E-state index in [1.807, 2.05) is 0 Å². The third kappa shape index (κ3) is 71.1. The molecular weight excluding hydrogens is 1280 g/mol. The first-order valence-electron chi connectivity index (χ1n) is 40.9. The summed E-state index contributed by atoms with van der Waals surface area (Å²) >= 11 is 0. The quantitative estimate of drug-likeness (QED) is 0.0222. The topological polar surface area (TPSA) is 237 Å². The fourth-order valence-electron chi connectivity index (χ4n) is 12.1. The normalized spacial score (nSPS) is 14.3. The first-order chi connectivity index (χ1) is 47.3. The summed E-state index contributed by atoms with van der Waals surface area (Å²) in [4.78, 5) is 72.9. The molecule has 3 unspecified atom stereocenters. The van der Waals surface area contributed by atoms with Gasteiger partial charge in [0.2, 0.25) is 0 Å². The second-order valence-corrected chi connectivity index (χ2v) is 32.6. The Morgan fingerprint density at radius 1 is 0.296 bits per heavy atom. The Morgan fingerprint density at radius 3 is 0.776 bits per heavy atom. The molecule has 0 saturated heterocycles. The minimum atomic E-state index is -4.96. The monoisotopic (exact) mass is 1440 g/mol. The van der Waals surface area contributed by atoms with Gasteiger partial charge in [-0.3, -0.25) is 37.3 Å². The van der Waals surface area contributed by atoms with Crippen LogP contribution in [0, 0.1) is 17.8 Å². The molecule has 6 atom stereocenters. The number of ether oxygens (including phenoxy) is 4. The standard InChI is InChI=1S/C79H154O17P2/c1-8-10-11-12-13-14-32-39-46-53-60-76(81)89-66-74(96-79(84)63-56-49-42-35-28-27-31-38-45-52-59-72(7)9-2)68-93-97(85,86)91-64-73(80)65-92-98(87,88)94-69-75(67-90-77(82)61-54-47-40-33-25-22-18-20-24-30-37-44-51-58-71(5)6)95-78(83)62-55-48-41-34-26-21-17-15-16-19-23-29-36-43-50-57-70(3)4/h70-75,80H,8-69H2,1-7H3,(H,85,86)(H,87,88)/t72?,73-,74+,75+/m0/s1. The van der Waals surface area contributed by atoms with Crippen molar-refractivity contribution < 1.29 is 80.2 Å². The molecule has 0 rings (SSSR count). The molecule has 0 amide bonds. The molecule has 0 bridgehead atoms. The van der Waals surface area contributed by atoms with Crippen molar-refractivity contribution in [2.24, 2.45) is 17.8 Å². The summed E-state index contributed by atoms with van der Waals surface area (Å²) in [7, 11) is -9.92. The molecule has 3 N–H and O–H groups in total. The molecule has 0 radical (unpaired) electrons. The van der Waals surface area contributed by atoms with Gasteiger partial charge in [0.25, 0.3) is 0 Å². The summed E-state index contributed by atoms with van der Waals surface area (Å²) in [5.74, 6) is 0.284. The zero-order valence-electron chi connectivity index (χ0n) is 64.3. The van der Waals surface area contributed by atoms with Crippen molar-refractivity contribution in [3.05, 3.63) is 0 Å². The number of hydrogen-bond donors (Lipinski definition) is 3. The largest absolute Gasteiger partial charge is 0.472 e. The molecule has 0 spiro atoms. The highest BCUT2D eigenvalue weighted by Gasteiger charge is 2.30. The highest BCUT2D eigenvalue weighted by molar-refractivity contribution is 7.47. The SMILES string of the molecule is CCCCCCCCCCCCC(=O)OC[C@H](COP(=O)(O)OC[C@H](O)COP(=O)(O)OC[C@@H](COC(=O)CCCCCCCCCCCCCCCC(C)C)OC(=O)CCCCCCCCCCCCCCCCCC(C)C)OC(=O)CCCCCCCCCCCCC(C)CC. The molecule has 0 aliphatic rings. The minimum absolute atomic E-state index is 0.106. The van der Waals surface area contributed by atoms with Crippen molar-refractivity contribution in [3.63, 3.8) is 0 Å².